The third-order valence-corrected chi connectivity index (χ3v) is 17.0. The van der Waals surface area contributed by atoms with Crippen LogP contribution in [0.25, 0.3) is 0 Å². The number of aliphatic carboxylic acids is 1. The number of hydrogen-bond acceptors (Lipinski definition) is 4. The van der Waals surface area contributed by atoms with Crippen molar-refractivity contribution in [2.45, 2.75) is 158 Å². The Kier molecular flexibility index (Phi) is 10.9. The van der Waals surface area contributed by atoms with E-state index in [0.29, 0.717) is 36.0 Å². The number of rotatable bonds is 12. The van der Waals surface area contributed by atoms with Crippen LogP contribution in [0, 0.1) is 62.1 Å². The number of aryl methyl sites for hydroxylation is 1. The predicted octanol–water partition coefficient (Wildman–Crippen LogP) is 10.6. The Morgan fingerprint density at radius 1 is 0.868 bits per heavy atom. The fourth-order valence-electron chi connectivity index (χ4n) is 14.4. The third-order valence-electron chi connectivity index (χ3n) is 17.0. The molecule has 2 N–H and O–H groups in total. The predicted molar refractivity (Wildman–Crippen MR) is 212 cm³/mol. The zero-order valence-corrected chi connectivity index (χ0v) is 34.5. The van der Waals surface area contributed by atoms with E-state index in [4.69, 9.17) is 4.74 Å². The summed E-state index contributed by atoms with van der Waals surface area (Å²) in [4.78, 5) is 38.4. The van der Waals surface area contributed by atoms with Crippen molar-refractivity contribution in [3.8, 4) is 0 Å². The Morgan fingerprint density at radius 2 is 1.58 bits per heavy atom. The standard InChI is InChI=1S/C47H71NO5/c1-31(2)33-19-24-47(28-38(49)48-27-13-16-32-14-11-10-12-15-32)26-25-45(8)34(41(33)47)17-18-36-44(7)22-21-37(43(5,6)35(44)20-23-46(36,45)9)53-40(52)30-42(3,4)29-39(50)51/h10-12,14-15,33-37,41H,1,13,16-30H2,2-9H3,(H,48,49)(H,50,51)/t33-,34+,35?,36?,37-,41+,44-,45+,46+,47+/m0/s1. The lowest BCUT2D eigenvalue weighted by Gasteiger charge is -2.73. The first-order valence-electron chi connectivity index (χ1n) is 21.2. The summed E-state index contributed by atoms with van der Waals surface area (Å²) in [5.74, 6) is 1.74. The van der Waals surface area contributed by atoms with Gasteiger partial charge in [-0.3, -0.25) is 14.4 Å². The minimum absolute atomic E-state index is 0.0473. The van der Waals surface area contributed by atoms with Gasteiger partial charge >= 0.3 is 11.9 Å². The maximum absolute atomic E-state index is 13.7. The maximum Gasteiger partial charge on any atom is 0.306 e. The van der Waals surface area contributed by atoms with Gasteiger partial charge in [-0.05, 0) is 146 Å². The fourth-order valence-corrected chi connectivity index (χ4v) is 14.4. The summed E-state index contributed by atoms with van der Waals surface area (Å²) >= 11 is 0. The highest BCUT2D eigenvalue weighted by Gasteiger charge is 2.71. The molecule has 2 unspecified atom stereocenters. The van der Waals surface area contributed by atoms with Crippen molar-refractivity contribution in [3.63, 3.8) is 0 Å². The molecule has 0 spiro atoms. The second-order valence-electron chi connectivity index (χ2n) is 20.9. The van der Waals surface area contributed by atoms with Crippen molar-refractivity contribution in [3.05, 3.63) is 48.0 Å². The number of carbonyl (C=O) groups excluding carboxylic acids is 2. The number of carbonyl (C=O) groups is 3. The molecule has 1 amide bonds. The maximum atomic E-state index is 13.7. The van der Waals surface area contributed by atoms with Gasteiger partial charge in [0.2, 0.25) is 5.91 Å². The van der Waals surface area contributed by atoms with E-state index in [1.54, 1.807) is 0 Å². The molecular weight excluding hydrogens is 659 g/mol. The van der Waals surface area contributed by atoms with Crippen molar-refractivity contribution in [1.82, 2.24) is 5.32 Å². The first-order chi connectivity index (χ1) is 24.8. The van der Waals surface area contributed by atoms with E-state index in [-0.39, 0.29) is 57.9 Å². The molecule has 1 aromatic rings. The normalized spacial score (nSPS) is 38.7. The highest BCUT2D eigenvalue weighted by molar-refractivity contribution is 5.77. The summed E-state index contributed by atoms with van der Waals surface area (Å²) < 4.78 is 6.29. The molecule has 5 aliphatic rings. The second kappa shape index (κ2) is 14.5. The fraction of sp³-hybridized carbons (Fsp3) is 0.766. The minimum atomic E-state index is -0.882. The van der Waals surface area contributed by atoms with Crippen LogP contribution in [0.2, 0.25) is 0 Å². The van der Waals surface area contributed by atoms with Gasteiger partial charge in [0.1, 0.15) is 6.10 Å². The van der Waals surface area contributed by atoms with Crippen LogP contribution in [-0.2, 0) is 25.5 Å². The molecule has 0 aromatic heterocycles. The van der Waals surface area contributed by atoms with Gasteiger partial charge < -0.3 is 15.2 Å². The van der Waals surface area contributed by atoms with E-state index >= 15 is 0 Å². The number of esters is 1. The van der Waals surface area contributed by atoms with Crippen LogP contribution in [0.3, 0.4) is 0 Å². The zero-order chi connectivity index (χ0) is 38.6. The number of nitrogens with one attached hydrogen (secondary N) is 1. The first kappa shape index (κ1) is 40.0. The summed E-state index contributed by atoms with van der Waals surface area (Å²) in [5, 5.41) is 12.7. The molecule has 10 atom stereocenters. The summed E-state index contributed by atoms with van der Waals surface area (Å²) in [6.45, 7) is 23.8. The number of allylic oxidation sites excluding steroid dienone is 1. The van der Waals surface area contributed by atoms with Crippen molar-refractivity contribution < 1.29 is 24.2 Å². The highest BCUT2D eigenvalue weighted by Crippen LogP contribution is 2.78. The average Bonchev–Trinajstić information content (AvgIpc) is 3.44. The van der Waals surface area contributed by atoms with Crippen molar-refractivity contribution in [1.29, 1.82) is 0 Å². The van der Waals surface area contributed by atoms with Crippen LogP contribution < -0.4 is 5.32 Å². The van der Waals surface area contributed by atoms with E-state index in [0.717, 1.165) is 57.9 Å². The molecule has 0 heterocycles. The van der Waals surface area contributed by atoms with Gasteiger partial charge in [-0.1, -0.05) is 91.0 Å². The molecule has 5 aliphatic carbocycles. The van der Waals surface area contributed by atoms with Crippen LogP contribution in [0.5, 0.6) is 0 Å². The van der Waals surface area contributed by atoms with Crippen LogP contribution in [-0.4, -0.2) is 35.6 Å². The van der Waals surface area contributed by atoms with E-state index < -0.39 is 11.4 Å². The van der Waals surface area contributed by atoms with Gasteiger partial charge in [-0.25, -0.2) is 0 Å². The number of carboxylic acids is 1. The van der Waals surface area contributed by atoms with E-state index in [9.17, 15) is 19.5 Å². The van der Waals surface area contributed by atoms with E-state index in [2.05, 4.69) is 83.8 Å². The number of hydrogen-bond donors (Lipinski definition) is 2. The molecule has 1 aromatic carbocycles. The number of carboxylic acid groups (broad SMARTS) is 1. The van der Waals surface area contributed by atoms with Gasteiger partial charge in [0.05, 0.1) is 12.8 Å². The summed E-state index contributed by atoms with van der Waals surface area (Å²) in [5.41, 5.74) is 2.47. The molecule has 5 saturated carbocycles. The Balaban J connectivity index is 1.17. The largest absolute Gasteiger partial charge is 0.481 e. The number of fused-ring (bicyclic) bond motifs is 7. The van der Waals surface area contributed by atoms with Crippen LogP contribution in [0.4, 0.5) is 0 Å². The Hall–Kier alpha value is -2.63. The third kappa shape index (κ3) is 7.16. The molecule has 6 heteroatoms. The molecule has 6 nitrogen and oxygen atoms in total. The number of amides is 1. The molecule has 53 heavy (non-hydrogen) atoms. The molecule has 294 valence electrons. The average molecular weight is 730 g/mol. The molecular formula is C47H71NO5. The van der Waals surface area contributed by atoms with Gasteiger partial charge in [0, 0.05) is 18.4 Å². The van der Waals surface area contributed by atoms with Crippen LogP contribution in [0.15, 0.2) is 42.5 Å². The van der Waals surface area contributed by atoms with Crippen molar-refractivity contribution in [2.75, 3.05) is 6.54 Å². The lowest BCUT2D eigenvalue weighted by atomic mass is 9.32. The molecule has 0 saturated heterocycles. The Bertz CT molecular complexity index is 1550. The molecule has 5 fully saturated rings. The zero-order valence-electron chi connectivity index (χ0n) is 34.5. The van der Waals surface area contributed by atoms with Gasteiger partial charge in [0.15, 0.2) is 0 Å². The number of benzene rings is 1. The minimum Gasteiger partial charge on any atom is -0.481 e. The van der Waals surface area contributed by atoms with Crippen molar-refractivity contribution >= 4 is 17.8 Å². The van der Waals surface area contributed by atoms with Gasteiger partial charge in [-0.15, -0.1) is 0 Å². The second-order valence-corrected chi connectivity index (χ2v) is 20.9. The first-order valence-corrected chi connectivity index (χ1v) is 21.2. The van der Waals surface area contributed by atoms with Gasteiger partial charge in [-0.2, -0.15) is 0 Å². The highest BCUT2D eigenvalue weighted by atomic mass is 16.5. The molecule has 6 rings (SSSR count). The molecule has 0 radical (unpaired) electrons. The summed E-state index contributed by atoms with van der Waals surface area (Å²) in [7, 11) is 0. The lowest BCUT2D eigenvalue weighted by Crippen LogP contribution is -2.67. The Labute approximate surface area is 321 Å². The van der Waals surface area contributed by atoms with Crippen LogP contribution in [0.1, 0.15) is 151 Å². The smallest absolute Gasteiger partial charge is 0.306 e. The SMILES string of the molecule is C=C(C)[C@@H]1CC[C@]2(CC(=O)NCCCc3ccccc3)CC[C@]3(C)[C@H](CCC4[C@@]5(C)CC[C@H](OC(=O)CC(C)(C)CC(=O)O)C(C)(C)C5CC[C@]43C)[C@@H]12. The Morgan fingerprint density at radius 3 is 2.26 bits per heavy atom. The van der Waals surface area contributed by atoms with Crippen LogP contribution >= 0.6 is 0 Å². The summed E-state index contributed by atoms with van der Waals surface area (Å²) in [6, 6.07) is 10.6. The van der Waals surface area contributed by atoms with Crippen molar-refractivity contribution in [2.24, 2.45) is 62.1 Å². The lowest BCUT2D eigenvalue weighted by molar-refractivity contribution is -0.250. The van der Waals surface area contributed by atoms with Gasteiger partial charge in [0.25, 0.3) is 0 Å². The molecule has 0 aliphatic heterocycles. The van der Waals surface area contributed by atoms with E-state index in [1.165, 1.54) is 36.8 Å². The topological polar surface area (TPSA) is 92.7 Å². The summed E-state index contributed by atoms with van der Waals surface area (Å²) in [6.07, 6.45) is 13.9. The monoisotopic (exact) mass is 730 g/mol. The molecule has 0 bridgehead atoms. The van der Waals surface area contributed by atoms with E-state index in [1.807, 2.05) is 13.8 Å². The quantitative estimate of drug-likeness (QED) is 0.127. The number of ether oxygens (including phenoxy) is 1.